The van der Waals surface area contributed by atoms with Gasteiger partial charge in [-0.05, 0) is 69.0 Å². The minimum Gasteiger partial charge on any atom is -0.504 e. The molecule has 0 unspecified atom stereocenters. The molecule has 2 aliphatic heterocycles. The summed E-state index contributed by atoms with van der Waals surface area (Å²) in [6.07, 6.45) is 10.2. The van der Waals surface area contributed by atoms with Gasteiger partial charge < -0.3 is 19.8 Å². The summed E-state index contributed by atoms with van der Waals surface area (Å²) < 4.78 is 6.61. The summed E-state index contributed by atoms with van der Waals surface area (Å²) in [4.78, 5) is 17.6. The lowest BCUT2D eigenvalue weighted by Crippen LogP contribution is -2.78. The summed E-state index contributed by atoms with van der Waals surface area (Å²) in [5.74, 6) is 1.67. The molecule has 34 heavy (non-hydrogen) atoms. The molecular weight excluding hydrogens is 428 g/mol. The van der Waals surface area contributed by atoms with Crippen LogP contribution in [0.25, 0.3) is 0 Å². The SMILES string of the molecule is CCCCCCC(=O)N(C)[C@H]1CC[C@@]2(O)[C@@H]3Cc4ccc(O)c5c4[C@@]2(CCN3CC2CC2)[C@H]1O5. The monoisotopic (exact) mass is 468 g/mol. The molecule has 1 spiro atoms. The predicted molar refractivity (Wildman–Crippen MR) is 130 cm³/mol. The van der Waals surface area contributed by atoms with Crippen LogP contribution >= 0.6 is 0 Å². The zero-order chi connectivity index (χ0) is 23.7. The van der Waals surface area contributed by atoms with Crippen LogP contribution in [0.5, 0.6) is 11.5 Å². The second-order valence-corrected chi connectivity index (χ2v) is 11.7. The van der Waals surface area contributed by atoms with Gasteiger partial charge in [-0.25, -0.2) is 0 Å². The number of carbonyl (C=O) groups excluding carboxylic acids is 1. The molecule has 5 aliphatic rings. The van der Waals surface area contributed by atoms with Gasteiger partial charge in [-0.3, -0.25) is 9.69 Å². The minimum absolute atomic E-state index is 0.0759. The molecule has 2 bridgehead atoms. The second-order valence-electron chi connectivity index (χ2n) is 11.7. The number of piperidine rings is 1. The molecule has 6 rings (SSSR count). The van der Waals surface area contributed by atoms with Crippen LogP contribution in [0.15, 0.2) is 12.1 Å². The van der Waals surface area contributed by atoms with Crippen molar-refractivity contribution in [3.63, 3.8) is 0 Å². The zero-order valence-electron chi connectivity index (χ0n) is 20.8. The number of amides is 1. The number of carbonyl (C=O) groups is 1. The maximum Gasteiger partial charge on any atom is 0.222 e. The Hall–Kier alpha value is -1.79. The second kappa shape index (κ2) is 8.12. The molecule has 0 aromatic heterocycles. The van der Waals surface area contributed by atoms with Gasteiger partial charge in [0, 0.05) is 31.6 Å². The molecule has 1 aromatic rings. The number of ether oxygens (including phenoxy) is 1. The Balaban J connectivity index is 1.35. The van der Waals surface area contributed by atoms with Crippen LogP contribution in [0.2, 0.25) is 0 Å². The van der Waals surface area contributed by atoms with Crippen molar-refractivity contribution in [1.82, 2.24) is 9.80 Å². The summed E-state index contributed by atoms with van der Waals surface area (Å²) in [5, 5.41) is 23.3. The molecule has 6 heteroatoms. The molecule has 5 atom stereocenters. The molecule has 0 radical (unpaired) electrons. The molecule has 3 fully saturated rings. The summed E-state index contributed by atoms with van der Waals surface area (Å²) in [6.45, 7) is 4.20. The third kappa shape index (κ3) is 3.10. The number of aromatic hydroxyl groups is 1. The highest BCUT2D eigenvalue weighted by Crippen LogP contribution is 2.66. The van der Waals surface area contributed by atoms with Crippen LogP contribution in [0, 0.1) is 5.92 Å². The average molecular weight is 469 g/mol. The number of likely N-dealkylation sites (N-methyl/N-ethyl adjacent to an activating group) is 1. The summed E-state index contributed by atoms with van der Waals surface area (Å²) >= 11 is 0. The number of rotatable bonds is 8. The number of hydrogen-bond donors (Lipinski definition) is 2. The van der Waals surface area contributed by atoms with E-state index in [1.54, 1.807) is 6.07 Å². The van der Waals surface area contributed by atoms with E-state index in [9.17, 15) is 15.0 Å². The van der Waals surface area contributed by atoms with Gasteiger partial charge in [-0.15, -0.1) is 0 Å². The van der Waals surface area contributed by atoms with E-state index >= 15 is 0 Å². The van der Waals surface area contributed by atoms with Crippen LogP contribution in [-0.4, -0.2) is 69.8 Å². The summed E-state index contributed by atoms with van der Waals surface area (Å²) in [6, 6.07) is 3.78. The van der Waals surface area contributed by atoms with Crippen molar-refractivity contribution in [2.45, 2.75) is 107 Å². The van der Waals surface area contributed by atoms with Gasteiger partial charge in [0.25, 0.3) is 0 Å². The largest absolute Gasteiger partial charge is 0.504 e. The van der Waals surface area contributed by atoms with Crippen molar-refractivity contribution >= 4 is 5.91 Å². The van der Waals surface area contributed by atoms with Crippen molar-refractivity contribution < 1.29 is 19.7 Å². The van der Waals surface area contributed by atoms with E-state index in [1.807, 2.05) is 18.0 Å². The third-order valence-electron chi connectivity index (χ3n) is 9.87. The number of hydrogen-bond acceptors (Lipinski definition) is 5. The van der Waals surface area contributed by atoms with Crippen LogP contribution in [0.4, 0.5) is 0 Å². The van der Waals surface area contributed by atoms with Crippen molar-refractivity contribution in [2.75, 3.05) is 20.1 Å². The van der Waals surface area contributed by atoms with Crippen molar-refractivity contribution in [2.24, 2.45) is 5.92 Å². The smallest absolute Gasteiger partial charge is 0.222 e. The van der Waals surface area contributed by atoms with Gasteiger partial charge in [0.15, 0.2) is 11.5 Å². The Morgan fingerprint density at radius 1 is 1.21 bits per heavy atom. The number of phenolic OH excluding ortho intramolecular Hbond substituents is 1. The molecule has 186 valence electrons. The molecule has 6 nitrogen and oxygen atoms in total. The van der Waals surface area contributed by atoms with Gasteiger partial charge >= 0.3 is 0 Å². The van der Waals surface area contributed by atoms with Gasteiger partial charge in [0.05, 0.1) is 17.1 Å². The number of aliphatic hydroxyl groups is 1. The van der Waals surface area contributed by atoms with E-state index in [0.717, 1.165) is 63.1 Å². The average Bonchev–Trinajstić information content (AvgIpc) is 3.57. The van der Waals surface area contributed by atoms with Gasteiger partial charge in [-0.2, -0.15) is 0 Å². The lowest BCUT2D eigenvalue weighted by molar-refractivity contribution is -0.200. The first kappa shape index (κ1) is 22.7. The van der Waals surface area contributed by atoms with Crippen molar-refractivity contribution in [3.8, 4) is 11.5 Å². The van der Waals surface area contributed by atoms with E-state index in [2.05, 4.69) is 11.8 Å². The normalized spacial score (nSPS) is 35.6. The topological polar surface area (TPSA) is 73.2 Å². The molecule has 1 aromatic carbocycles. The van der Waals surface area contributed by atoms with E-state index < -0.39 is 11.0 Å². The molecule has 1 amide bonds. The fourth-order valence-electron chi connectivity index (χ4n) is 7.92. The van der Waals surface area contributed by atoms with E-state index in [1.165, 1.54) is 24.8 Å². The van der Waals surface area contributed by atoms with E-state index in [0.29, 0.717) is 18.6 Å². The lowest BCUT2D eigenvalue weighted by Gasteiger charge is -2.64. The van der Waals surface area contributed by atoms with Crippen LogP contribution in [0.1, 0.15) is 82.3 Å². The third-order valence-corrected chi connectivity index (χ3v) is 9.87. The Kier molecular flexibility index (Phi) is 5.41. The quantitative estimate of drug-likeness (QED) is 0.569. The first-order valence-electron chi connectivity index (χ1n) is 13.6. The van der Waals surface area contributed by atoms with E-state index in [-0.39, 0.29) is 29.8 Å². The van der Waals surface area contributed by atoms with Gasteiger partial charge in [0.2, 0.25) is 5.91 Å². The highest BCUT2D eigenvalue weighted by Gasteiger charge is 2.73. The van der Waals surface area contributed by atoms with Crippen molar-refractivity contribution in [1.29, 1.82) is 0 Å². The molecular formula is C28H40N2O4. The first-order valence-corrected chi connectivity index (χ1v) is 13.6. The summed E-state index contributed by atoms with van der Waals surface area (Å²) in [5.41, 5.74) is 0.799. The maximum absolute atomic E-state index is 13.2. The standard InChI is InChI=1S/C28H40N2O4/c1-3-4-5-6-7-23(32)29(2)20-12-13-28(33)22-16-19-10-11-21(31)25-24(19)27(28,26(20)34-25)14-15-30(22)17-18-8-9-18/h10-11,18,20,22,26,31,33H,3-9,12-17H2,1-2H3/t20-,22-,26-,27-,28+/m0/s1. The number of likely N-dealkylation sites (tertiary alicyclic amines) is 1. The van der Waals surface area contributed by atoms with Crippen LogP contribution in [0.3, 0.4) is 0 Å². The molecule has 2 heterocycles. The van der Waals surface area contributed by atoms with Crippen LogP contribution in [-0.2, 0) is 16.6 Å². The van der Waals surface area contributed by atoms with E-state index in [4.69, 9.17) is 4.74 Å². The summed E-state index contributed by atoms with van der Waals surface area (Å²) in [7, 11) is 1.92. The Labute approximate surface area is 203 Å². The van der Waals surface area contributed by atoms with Crippen molar-refractivity contribution in [3.05, 3.63) is 23.3 Å². The lowest BCUT2D eigenvalue weighted by atomic mass is 9.48. The fraction of sp³-hybridized carbons (Fsp3) is 0.750. The Bertz CT molecular complexity index is 977. The zero-order valence-corrected chi connectivity index (χ0v) is 20.8. The predicted octanol–water partition coefficient (Wildman–Crippen LogP) is 3.75. The number of unbranched alkanes of at least 4 members (excludes halogenated alkanes) is 3. The molecule has 2 saturated carbocycles. The Morgan fingerprint density at radius 3 is 2.79 bits per heavy atom. The van der Waals surface area contributed by atoms with Gasteiger partial charge in [0.1, 0.15) is 6.10 Å². The van der Waals surface area contributed by atoms with Gasteiger partial charge in [-0.1, -0.05) is 32.3 Å². The first-order chi connectivity index (χ1) is 16.4. The molecule has 1 saturated heterocycles. The molecule has 2 N–H and O–H groups in total. The highest BCUT2D eigenvalue weighted by atomic mass is 16.5. The Morgan fingerprint density at radius 2 is 2.03 bits per heavy atom. The number of phenols is 1. The fourth-order valence-corrected chi connectivity index (χ4v) is 7.92. The molecule has 3 aliphatic carbocycles. The number of nitrogens with zero attached hydrogens (tertiary/aromatic N) is 2. The minimum atomic E-state index is -0.891. The maximum atomic E-state index is 13.2. The van der Waals surface area contributed by atoms with Crippen LogP contribution < -0.4 is 4.74 Å². The highest BCUT2D eigenvalue weighted by molar-refractivity contribution is 5.76. The number of benzene rings is 1.